The van der Waals surface area contributed by atoms with Gasteiger partial charge in [0.05, 0.1) is 5.41 Å². The highest BCUT2D eigenvalue weighted by Gasteiger charge is 2.45. The van der Waals surface area contributed by atoms with Crippen molar-refractivity contribution in [3.63, 3.8) is 0 Å². The number of imidazole rings is 1. The molecule has 0 unspecified atom stereocenters. The van der Waals surface area contributed by atoms with Gasteiger partial charge in [0.15, 0.2) is 0 Å². The maximum absolute atomic E-state index is 13.6. The Balaban J connectivity index is 0.00000225. The largest absolute Gasteiger partial charge is 0.339 e. The second-order valence-electron chi connectivity index (χ2n) is 7.59. The molecule has 1 aliphatic heterocycles. The van der Waals surface area contributed by atoms with Crippen molar-refractivity contribution in [3.05, 3.63) is 47.2 Å². The Bertz CT molecular complexity index is 791. The first kappa shape index (κ1) is 21.0. The number of benzene rings is 1. The smallest absolute Gasteiger partial charge is 0.233 e. The van der Waals surface area contributed by atoms with Crippen LogP contribution in [0.25, 0.3) is 0 Å². The quantitative estimate of drug-likeness (QED) is 0.743. The number of aromatic nitrogens is 2. The maximum Gasteiger partial charge on any atom is 0.233 e. The maximum atomic E-state index is 13.6. The summed E-state index contributed by atoms with van der Waals surface area (Å²) in [7, 11) is 0. The normalized spacial score (nSPS) is 18.8. The lowest BCUT2D eigenvalue weighted by Gasteiger charge is -2.40. The molecule has 0 bridgehead atoms. The topological polar surface area (TPSA) is 41.4 Å². The predicted molar refractivity (Wildman–Crippen MR) is 116 cm³/mol. The molecule has 1 saturated carbocycles. The third-order valence-corrected chi connectivity index (χ3v) is 6.40. The lowest BCUT2D eigenvalue weighted by molar-refractivity contribution is -0.137. The van der Waals surface area contributed by atoms with Gasteiger partial charge in [0.25, 0.3) is 0 Å². The summed E-state index contributed by atoms with van der Waals surface area (Å²) in [4.78, 5) is 22.4. The van der Waals surface area contributed by atoms with Crippen molar-refractivity contribution < 1.29 is 4.79 Å². The van der Waals surface area contributed by atoms with Gasteiger partial charge in [0.2, 0.25) is 11.9 Å². The van der Waals surface area contributed by atoms with Gasteiger partial charge in [-0.15, -0.1) is 12.4 Å². The van der Waals surface area contributed by atoms with E-state index in [-0.39, 0.29) is 17.8 Å². The van der Waals surface area contributed by atoms with E-state index in [2.05, 4.69) is 26.3 Å². The number of nitrogens with zero attached hydrogens (tertiary/aromatic N) is 4. The Morgan fingerprint density at radius 3 is 2.36 bits per heavy atom. The van der Waals surface area contributed by atoms with Crippen molar-refractivity contribution in [2.45, 2.75) is 44.6 Å². The van der Waals surface area contributed by atoms with Crippen molar-refractivity contribution in [3.8, 4) is 0 Å². The van der Waals surface area contributed by atoms with Gasteiger partial charge in [-0.25, -0.2) is 4.98 Å². The molecule has 2 heterocycles. The lowest BCUT2D eigenvalue weighted by Crippen LogP contribution is -2.54. The molecule has 2 aromatic rings. The predicted octanol–water partition coefficient (Wildman–Crippen LogP) is 4.14. The molecule has 2 aliphatic rings. The average molecular weight is 423 g/mol. The molecule has 1 aromatic carbocycles. The molecular formula is C21H28Cl2N4O. The second-order valence-corrected chi connectivity index (χ2v) is 8.03. The Kier molecular flexibility index (Phi) is 6.56. The molecule has 1 amide bonds. The SMILES string of the molecule is CCn1ccnc1N1CCN(C(=O)C2(c3ccc(Cl)cc3)CCCC2)CC1.Cl. The van der Waals surface area contributed by atoms with Crippen LogP contribution in [-0.4, -0.2) is 46.5 Å². The number of rotatable bonds is 4. The minimum absolute atomic E-state index is 0. The van der Waals surface area contributed by atoms with Crippen LogP contribution < -0.4 is 4.90 Å². The van der Waals surface area contributed by atoms with Crippen molar-refractivity contribution in [1.29, 1.82) is 0 Å². The van der Waals surface area contributed by atoms with E-state index < -0.39 is 0 Å². The molecule has 1 saturated heterocycles. The van der Waals surface area contributed by atoms with Crippen molar-refractivity contribution in [2.24, 2.45) is 0 Å². The number of piperazine rings is 1. The van der Waals surface area contributed by atoms with Gasteiger partial charge in [-0.1, -0.05) is 36.6 Å². The Morgan fingerprint density at radius 2 is 1.75 bits per heavy atom. The number of carbonyl (C=O) groups is 1. The fourth-order valence-corrected chi connectivity index (χ4v) is 4.74. The molecule has 28 heavy (non-hydrogen) atoms. The number of hydrogen-bond donors (Lipinski definition) is 0. The molecule has 1 aliphatic carbocycles. The van der Waals surface area contributed by atoms with Gasteiger partial charge >= 0.3 is 0 Å². The van der Waals surface area contributed by atoms with E-state index in [0.717, 1.165) is 74.9 Å². The zero-order chi connectivity index (χ0) is 18.9. The van der Waals surface area contributed by atoms with E-state index in [1.165, 1.54) is 0 Å². The highest BCUT2D eigenvalue weighted by Crippen LogP contribution is 2.43. The van der Waals surface area contributed by atoms with Crippen molar-refractivity contribution in [1.82, 2.24) is 14.5 Å². The Labute approximate surface area is 178 Å². The average Bonchev–Trinajstić information content (AvgIpc) is 3.38. The summed E-state index contributed by atoms with van der Waals surface area (Å²) in [6.45, 7) is 6.21. The summed E-state index contributed by atoms with van der Waals surface area (Å²) >= 11 is 6.07. The van der Waals surface area contributed by atoms with Crippen LogP contribution in [-0.2, 0) is 16.8 Å². The fourth-order valence-electron chi connectivity index (χ4n) is 4.62. The number of hydrogen-bond acceptors (Lipinski definition) is 3. The van der Waals surface area contributed by atoms with Crippen LogP contribution in [0.1, 0.15) is 38.2 Å². The highest BCUT2D eigenvalue weighted by molar-refractivity contribution is 6.30. The zero-order valence-electron chi connectivity index (χ0n) is 16.3. The van der Waals surface area contributed by atoms with E-state index in [1.54, 1.807) is 0 Å². The van der Waals surface area contributed by atoms with Crippen LogP contribution in [0.4, 0.5) is 5.95 Å². The standard InChI is InChI=1S/C21H27ClN4O.ClH/c1-2-24-12-11-23-20(24)26-15-13-25(14-16-26)19(27)21(9-3-4-10-21)17-5-7-18(22)8-6-17;/h5-8,11-12H,2-4,9-10,13-16H2,1H3;1H. The third kappa shape index (κ3) is 3.74. The second kappa shape index (κ2) is 8.75. The number of anilines is 1. The first-order valence-electron chi connectivity index (χ1n) is 9.95. The van der Waals surface area contributed by atoms with Crippen LogP contribution in [0.2, 0.25) is 5.02 Å². The summed E-state index contributed by atoms with van der Waals surface area (Å²) < 4.78 is 2.16. The van der Waals surface area contributed by atoms with E-state index >= 15 is 0 Å². The Hall–Kier alpha value is -1.72. The summed E-state index contributed by atoms with van der Waals surface area (Å²) in [5.41, 5.74) is 0.757. The molecule has 4 rings (SSSR count). The third-order valence-electron chi connectivity index (χ3n) is 6.15. The van der Waals surface area contributed by atoms with Gasteiger partial charge in [0, 0.05) is 50.1 Å². The molecule has 1 aromatic heterocycles. The summed E-state index contributed by atoms with van der Waals surface area (Å²) in [6.07, 6.45) is 7.97. The Morgan fingerprint density at radius 1 is 1.11 bits per heavy atom. The molecular weight excluding hydrogens is 395 g/mol. The van der Waals surface area contributed by atoms with Crippen molar-refractivity contribution >= 4 is 35.9 Å². The van der Waals surface area contributed by atoms with Gasteiger partial charge in [0.1, 0.15) is 0 Å². The molecule has 0 N–H and O–H groups in total. The molecule has 7 heteroatoms. The van der Waals surface area contributed by atoms with E-state index in [0.29, 0.717) is 5.91 Å². The van der Waals surface area contributed by atoms with Gasteiger partial charge < -0.3 is 14.4 Å². The minimum atomic E-state index is -0.366. The van der Waals surface area contributed by atoms with Crippen LogP contribution in [0, 0.1) is 0 Å². The van der Waals surface area contributed by atoms with Crippen LogP contribution >= 0.6 is 24.0 Å². The summed E-state index contributed by atoms with van der Waals surface area (Å²) in [6, 6.07) is 7.90. The van der Waals surface area contributed by atoms with E-state index in [9.17, 15) is 4.79 Å². The van der Waals surface area contributed by atoms with Crippen LogP contribution in [0.3, 0.4) is 0 Å². The number of aryl methyl sites for hydroxylation is 1. The number of amides is 1. The monoisotopic (exact) mass is 422 g/mol. The number of halogens is 2. The number of carbonyl (C=O) groups excluding carboxylic acids is 1. The van der Waals surface area contributed by atoms with Gasteiger partial charge in [-0.2, -0.15) is 0 Å². The molecule has 5 nitrogen and oxygen atoms in total. The molecule has 0 spiro atoms. The van der Waals surface area contributed by atoms with Crippen LogP contribution in [0.5, 0.6) is 0 Å². The zero-order valence-corrected chi connectivity index (χ0v) is 17.9. The van der Waals surface area contributed by atoms with E-state index in [1.807, 2.05) is 36.7 Å². The molecule has 2 fully saturated rings. The lowest BCUT2D eigenvalue weighted by atomic mass is 9.77. The van der Waals surface area contributed by atoms with E-state index in [4.69, 9.17) is 11.6 Å². The fraction of sp³-hybridized carbons (Fsp3) is 0.524. The molecule has 0 radical (unpaired) electrons. The van der Waals surface area contributed by atoms with Crippen molar-refractivity contribution in [2.75, 3.05) is 31.1 Å². The minimum Gasteiger partial charge on any atom is -0.339 e. The van der Waals surface area contributed by atoms with Gasteiger partial charge in [-0.05, 0) is 37.5 Å². The van der Waals surface area contributed by atoms with Crippen LogP contribution in [0.15, 0.2) is 36.7 Å². The molecule has 152 valence electrons. The summed E-state index contributed by atoms with van der Waals surface area (Å²) in [5, 5.41) is 0.722. The summed E-state index contributed by atoms with van der Waals surface area (Å²) in [5.74, 6) is 1.30. The first-order chi connectivity index (χ1) is 13.1. The molecule has 0 atom stereocenters. The highest BCUT2D eigenvalue weighted by atomic mass is 35.5. The van der Waals surface area contributed by atoms with Gasteiger partial charge in [-0.3, -0.25) is 4.79 Å². The first-order valence-corrected chi connectivity index (χ1v) is 10.3.